The molecule has 0 radical (unpaired) electrons. The number of halogens is 5. The Morgan fingerprint density at radius 1 is 1.08 bits per heavy atom. The van der Waals surface area contributed by atoms with Crippen molar-refractivity contribution < 1.29 is 17.9 Å². The highest BCUT2D eigenvalue weighted by Gasteiger charge is 2.36. The molecule has 1 heterocycles. The predicted molar refractivity (Wildman–Crippen MR) is 91.4 cm³/mol. The molecule has 0 aliphatic rings. The molecule has 0 spiro atoms. The van der Waals surface area contributed by atoms with E-state index < -0.39 is 11.9 Å². The molecule has 0 bridgehead atoms. The van der Waals surface area contributed by atoms with Crippen molar-refractivity contribution >= 4 is 38.4 Å². The number of ether oxygens (including phenoxy) is 1. The number of aromatic nitrogens is 1. The number of alkyl halides is 3. The van der Waals surface area contributed by atoms with Crippen LogP contribution >= 0.6 is 27.5 Å². The first-order valence-corrected chi connectivity index (χ1v) is 7.99. The third-order valence-corrected chi connectivity index (χ3v) is 4.96. The van der Waals surface area contributed by atoms with Crippen molar-refractivity contribution in [1.29, 1.82) is 0 Å². The molecule has 0 aliphatic carbocycles. The number of fused-ring (bicyclic) bond motifs is 1. The van der Waals surface area contributed by atoms with Crippen LogP contribution in [-0.4, -0.2) is 12.1 Å². The van der Waals surface area contributed by atoms with Crippen LogP contribution in [0.4, 0.5) is 13.2 Å². The Bertz CT molecular complexity index is 910. The zero-order valence-electron chi connectivity index (χ0n) is 12.3. The Morgan fingerprint density at radius 3 is 2.33 bits per heavy atom. The summed E-state index contributed by atoms with van der Waals surface area (Å²) in [5, 5.41) is 0.438. The Hall–Kier alpha value is -1.79. The number of pyridine rings is 1. The average molecular weight is 417 g/mol. The maximum Gasteiger partial charge on any atom is 0.434 e. The lowest BCUT2D eigenvalue weighted by Crippen LogP contribution is -2.10. The number of hydrogen-bond acceptors (Lipinski definition) is 2. The molecule has 0 atom stereocenters. The van der Waals surface area contributed by atoms with Gasteiger partial charge in [0.05, 0.1) is 22.1 Å². The van der Waals surface area contributed by atoms with Crippen LogP contribution in [0.2, 0.25) is 5.02 Å². The number of benzene rings is 2. The van der Waals surface area contributed by atoms with Crippen LogP contribution in [0.1, 0.15) is 5.69 Å². The molecule has 3 rings (SSSR count). The van der Waals surface area contributed by atoms with E-state index in [1.807, 2.05) is 0 Å². The topological polar surface area (TPSA) is 22.1 Å². The summed E-state index contributed by atoms with van der Waals surface area (Å²) in [4.78, 5) is 3.84. The smallest absolute Gasteiger partial charge is 0.434 e. The van der Waals surface area contributed by atoms with Gasteiger partial charge in [-0.2, -0.15) is 13.2 Å². The van der Waals surface area contributed by atoms with E-state index in [-0.39, 0.29) is 15.0 Å². The van der Waals surface area contributed by atoms with Crippen molar-refractivity contribution in [3.05, 3.63) is 57.7 Å². The number of methoxy groups -OCH3 is 1. The maximum absolute atomic E-state index is 13.2. The SMILES string of the molecule is COc1ccc(-c2cccc3c(Cl)c(Br)c(C(F)(F)F)nc23)cc1. The Kier molecular flexibility index (Phi) is 4.44. The van der Waals surface area contributed by atoms with Crippen molar-refractivity contribution in [2.45, 2.75) is 6.18 Å². The molecular formula is C17H10BrClF3NO. The lowest BCUT2D eigenvalue weighted by Gasteiger charge is -2.14. The summed E-state index contributed by atoms with van der Waals surface area (Å²) in [6, 6.07) is 12.1. The minimum Gasteiger partial charge on any atom is -0.497 e. The lowest BCUT2D eigenvalue weighted by atomic mass is 10.0. The summed E-state index contributed by atoms with van der Waals surface area (Å²) in [5.41, 5.74) is 0.444. The van der Waals surface area contributed by atoms with Crippen LogP contribution in [0.5, 0.6) is 5.75 Å². The quantitative estimate of drug-likeness (QED) is 0.486. The highest BCUT2D eigenvalue weighted by Crippen LogP contribution is 2.42. The highest BCUT2D eigenvalue weighted by atomic mass is 79.9. The van der Waals surface area contributed by atoms with E-state index in [2.05, 4.69) is 20.9 Å². The first kappa shape index (κ1) is 17.0. The Morgan fingerprint density at radius 2 is 1.75 bits per heavy atom. The van der Waals surface area contributed by atoms with Crippen molar-refractivity contribution in [2.75, 3.05) is 7.11 Å². The monoisotopic (exact) mass is 415 g/mol. The molecule has 3 aromatic rings. The first-order chi connectivity index (χ1) is 11.3. The van der Waals surface area contributed by atoms with Gasteiger partial charge in [-0.3, -0.25) is 0 Å². The predicted octanol–water partition coefficient (Wildman–Crippen LogP) is 6.35. The minimum atomic E-state index is -4.61. The maximum atomic E-state index is 13.2. The van der Waals surface area contributed by atoms with Gasteiger partial charge >= 0.3 is 6.18 Å². The van der Waals surface area contributed by atoms with E-state index in [1.54, 1.807) is 49.6 Å². The van der Waals surface area contributed by atoms with E-state index in [0.29, 0.717) is 16.7 Å². The largest absolute Gasteiger partial charge is 0.497 e. The lowest BCUT2D eigenvalue weighted by molar-refractivity contribution is -0.141. The van der Waals surface area contributed by atoms with Crippen LogP contribution in [-0.2, 0) is 6.18 Å². The average Bonchev–Trinajstić information content (AvgIpc) is 2.56. The van der Waals surface area contributed by atoms with E-state index in [4.69, 9.17) is 16.3 Å². The Balaban J connectivity index is 2.31. The summed E-state index contributed by atoms with van der Waals surface area (Å²) >= 11 is 9.04. The zero-order chi connectivity index (χ0) is 17.5. The molecule has 0 N–H and O–H groups in total. The second-order valence-electron chi connectivity index (χ2n) is 5.02. The molecule has 0 saturated carbocycles. The molecule has 2 nitrogen and oxygen atoms in total. The zero-order valence-corrected chi connectivity index (χ0v) is 14.6. The summed E-state index contributed by atoms with van der Waals surface area (Å²) in [5.74, 6) is 0.656. The fraction of sp³-hybridized carbons (Fsp3) is 0.118. The molecule has 0 unspecified atom stereocenters. The van der Waals surface area contributed by atoms with Gasteiger partial charge in [-0.25, -0.2) is 4.98 Å². The molecule has 0 amide bonds. The highest BCUT2D eigenvalue weighted by molar-refractivity contribution is 9.10. The second kappa shape index (κ2) is 6.26. The first-order valence-electron chi connectivity index (χ1n) is 6.82. The van der Waals surface area contributed by atoms with Gasteiger partial charge in [-0.05, 0) is 33.6 Å². The second-order valence-corrected chi connectivity index (χ2v) is 6.19. The fourth-order valence-corrected chi connectivity index (χ4v) is 3.18. The fourth-order valence-electron chi connectivity index (χ4n) is 2.42. The normalized spacial score (nSPS) is 11.8. The molecule has 0 aliphatic heterocycles. The van der Waals surface area contributed by atoms with Crippen LogP contribution < -0.4 is 4.74 Å². The number of nitrogens with zero attached hydrogens (tertiary/aromatic N) is 1. The van der Waals surface area contributed by atoms with Crippen LogP contribution in [0.25, 0.3) is 22.0 Å². The Labute approximate surface area is 149 Å². The number of hydrogen-bond donors (Lipinski definition) is 0. The summed E-state index contributed by atoms with van der Waals surface area (Å²) in [6.07, 6.45) is -4.61. The van der Waals surface area contributed by atoms with E-state index in [9.17, 15) is 13.2 Å². The molecular weight excluding hydrogens is 407 g/mol. The van der Waals surface area contributed by atoms with Crippen LogP contribution in [0.15, 0.2) is 46.9 Å². The number of para-hydroxylation sites is 1. The van der Waals surface area contributed by atoms with Gasteiger partial charge in [0.1, 0.15) is 5.75 Å². The minimum absolute atomic E-state index is 0.0114. The van der Waals surface area contributed by atoms with Crippen molar-refractivity contribution in [1.82, 2.24) is 4.98 Å². The molecule has 24 heavy (non-hydrogen) atoms. The number of rotatable bonds is 2. The summed E-state index contributed by atoms with van der Waals surface area (Å²) in [7, 11) is 1.54. The molecule has 2 aromatic carbocycles. The van der Waals surface area contributed by atoms with E-state index in [0.717, 1.165) is 5.56 Å². The summed E-state index contributed by atoms with van der Waals surface area (Å²) in [6.45, 7) is 0. The van der Waals surface area contributed by atoms with Gasteiger partial charge < -0.3 is 4.74 Å². The van der Waals surface area contributed by atoms with Gasteiger partial charge in [-0.1, -0.05) is 41.9 Å². The van der Waals surface area contributed by atoms with Gasteiger partial charge in [0.25, 0.3) is 0 Å². The van der Waals surface area contributed by atoms with Gasteiger partial charge in [0.15, 0.2) is 5.69 Å². The van der Waals surface area contributed by atoms with Crippen LogP contribution in [0.3, 0.4) is 0 Å². The standard InChI is InChI=1S/C17H10BrClF3NO/c1-24-10-7-5-9(6-8-10)11-3-2-4-12-14(19)13(18)16(17(20,21)22)23-15(11)12/h2-8H,1H3. The third kappa shape index (κ3) is 2.96. The molecule has 1 aromatic heterocycles. The molecule has 124 valence electrons. The molecule has 7 heteroatoms. The van der Waals surface area contributed by atoms with Crippen molar-refractivity contribution in [2.24, 2.45) is 0 Å². The third-order valence-electron chi connectivity index (χ3n) is 3.57. The van der Waals surface area contributed by atoms with Crippen LogP contribution in [0, 0.1) is 0 Å². The van der Waals surface area contributed by atoms with E-state index >= 15 is 0 Å². The van der Waals surface area contributed by atoms with Gasteiger partial charge in [0.2, 0.25) is 0 Å². The van der Waals surface area contributed by atoms with Crippen molar-refractivity contribution in [3.8, 4) is 16.9 Å². The van der Waals surface area contributed by atoms with E-state index in [1.165, 1.54) is 0 Å². The summed E-state index contributed by atoms with van der Waals surface area (Å²) < 4.78 is 44.5. The molecule has 0 saturated heterocycles. The van der Waals surface area contributed by atoms with Gasteiger partial charge in [-0.15, -0.1) is 0 Å². The van der Waals surface area contributed by atoms with Gasteiger partial charge in [0, 0.05) is 10.9 Å². The molecule has 0 fully saturated rings. The van der Waals surface area contributed by atoms with Crippen molar-refractivity contribution in [3.63, 3.8) is 0 Å².